The first-order valence-electron chi connectivity index (χ1n) is 6.04. The van der Waals surface area contributed by atoms with Crippen LogP contribution in [0.4, 0.5) is 0 Å². The summed E-state index contributed by atoms with van der Waals surface area (Å²) in [5.74, 6) is -0.987. The molecule has 0 radical (unpaired) electrons. The van der Waals surface area contributed by atoms with Gasteiger partial charge in [0.15, 0.2) is 0 Å². The molecule has 0 aliphatic carbocycles. The van der Waals surface area contributed by atoms with Crippen LogP contribution in [0.3, 0.4) is 0 Å². The molecule has 4 heteroatoms. The summed E-state index contributed by atoms with van der Waals surface area (Å²) < 4.78 is 0. The van der Waals surface area contributed by atoms with E-state index in [-0.39, 0.29) is 5.56 Å². The van der Waals surface area contributed by atoms with Gasteiger partial charge in [-0.2, -0.15) is 0 Å². The van der Waals surface area contributed by atoms with E-state index in [0.29, 0.717) is 16.1 Å². The molecule has 0 saturated heterocycles. The van der Waals surface area contributed by atoms with Crippen LogP contribution in [0.15, 0.2) is 54.7 Å². The number of benzene rings is 2. The maximum atomic E-state index is 11.3. The van der Waals surface area contributed by atoms with E-state index in [1.807, 2.05) is 36.4 Å². The molecule has 3 rings (SSSR count). The average Bonchev–Trinajstić information content (AvgIpc) is 2.46. The Bertz CT molecular complexity index is 814. The van der Waals surface area contributed by atoms with Gasteiger partial charge in [0.05, 0.1) is 11.3 Å². The van der Waals surface area contributed by atoms with E-state index in [9.17, 15) is 9.90 Å². The largest absolute Gasteiger partial charge is 0.478 e. The summed E-state index contributed by atoms with van der Waals surface area (Å²) >= 11 is 6.21. The fourth-order valence-corrected chi connectivity index (χ4v) is 2.46. The molecule has 0 aliphatic heterocycles. The van der Waals surface area contributed by atoms with E-state index in [2.05, 4.69) is 4.98 Å². The van der Waals surface area contributed by atoms with Gasteiger partial charge in [0.2, 0.25) is 0 Å². The number of halogens is 1. The van der Waals surface area contributed by atoms with Crippen LogP contribution >= 0.6 is 11.6 Å². The lowest BCUT2D eigenvalue weighted by Crippen LogP contribution is -2.00. The summed E-state index contributed by atoms with van der Waals surface area (Å²) in [7, 11) is 0. The van der Waals surface area contributed by atoms with Crippen molar-refractivity contribution in [3.63, 3.8) is 0 Å². The van der Waals surface area contributed by atoms with Gasteiger partial charge in [-0.25, -0.2) is 4.79 Å². The molecule has 0 atom stereocenters. The van der Waals surface area contributed by atoms with Crippen molar-refractivity contribution in [3.05, 3.63) is 65.3 Å². The van der Waals surface area contributed by atoms with Gasteiger partial charge in [-0.15, -0.1) is 0 Å². The molecule has 3 aromatic rings. The molecule has 0 unspecified atom stereocenters. The Morgan fingerprint density at radius 2 is 1.65 bits per heavy atom. The molecule has 98 valence electrons. The van der Waals surface area contributed by atoms with Gasteiger partial charge in [0, 0.05) is 22.2 Å². The van der Waals surface area contributed by atoms with Gasteiger partial charge < -0.3 is 5.11 Å². The number of aromatic carboxylic acids is 1. The van der Waals surface area contributed by atoms with E-state index >= 15 is 0 Å². The molecular weight excluding hydrogens is 274 g/mol. The van der Waals surface area contributed by atoms with Crippen LogP contribution in [0.5, 0.6) is 0 Å². The normalized spacial score (nSPS) is 10.7. The van der Waals surface area contributed by atoms with Crippen molar-refractivity contribution in [3.8, 4) is 11.3 Å². The van der Waals surface area contributed by atoms with Crippen molar-refractivity contribution >= 4 is 28.3 Å². The smallest absolute Gasteiger partial charge is 0.337 e. The summed E-state index contributed by atoms with van der Waals surface area (Å²) in [6, 6.07) is 14.7. The van der Waals surface area contributed by atoms with Crippen molar-refractivity contribution in [2.45, 2.75) is 0 Å². The standard InChI is InChI=1S/C16H10ClNO2/c17-14-8-4-3-7-12(14)15-11-6-2-1-5-10(11)13(9-18-15)16(19)20/h1-9H,(H,19,20). The van der Waals surface area contributed by atoms with Crippen LogP contribution < -0.4 is 0 Å². The number of carbonyl (C=O) groups is 1. The number of rotatable bonds is 2. The van der Waals surface area contributed by atoms with Crippen LogP contribution in [0.2, 0.25) is 5.02 Å². The van der Waals surface area contributed by atoms with Gasteiger partial charge in [0.25, 0.3) is 0 Å². The van der Waals surface area contributed by atoms with Gasteiger partial charge in [-0.05, 0) is 11.5 Å². The fourth-order valence-electron chi connectivity index (χ4n) is 2.23. The SMILES string of the molecule is O=C(O)c1cnc(-c2ccccc2Cl)c2ccccc12. The molecule has 0 fully saturated rings. The van der Waals surface area contributed by atoms with Crippen molar-refractivity contribution in [1.29, 1.82) is 0 Å². The second-order valence-corrected chi connectivity index (χ2v) is 4.76. The molecule has 0 aliphatic rings. The summed E-state index contributed by atoms with van der Waals surface area (Å²) in [6.45, 7) is 0. The Morgan fingerprint density at radius 1 is 1.00 bits per heavy atom. The first-order chi connectivity index (χ1) is 9.68. The lowest BCUT2D eigenvalue weighted by atomic mass is 10.0. The zero-order valence-electron chi connectivity index (χ0n) is 10.4. The average molecular weight is 284 g/mol. The molecule has 0 bridgehead atoms. The Labute approximate surface area is 120 Å². The highest BCUT2D eigenvalue weighted by Crippen LogP contribution is 2.32. The highest BCUT2D eigenvalue weighted by atomic mass is 35.5. The van der Waals surface area contributed by atoms with E-state index in [4.69, 9.17) is 11.6 Å². The van der Waals surface area contributed by atoms with Gasteiger partial charge in [0.1, 0.15) is 0 Å². The predicted molar refractivity (Wildman–Crippen MR) is 79.1 cm³/mol. The molecule has 1 heterocycles. The van der Waals surface area contributed by atoms with Crippen molar-refractivity contribution in [2.24, 2.45) is 0 Å². The molecule has 2 aromatic carbocycles. The molecule has 20 heavy (non-hydrogen) atoms. The highest BCUT2D eigenvalue weighted by Gasteiger charge is 2.14. The summed E-state index contributed by atoms with van der Waals surface area (Å²) in [5.41, 5.74) is 1.68. The van der Waals surface area contributed by atoms with E-state index in [1.54, 1.807) is 12.1 Å². The van der Waals surface area contributed by atoms with E-state index in [0.717, 1.165) is 10.9 Å². The van der Waals surface area contributed by atoms with Crippen molar-refractivity contribution < 1.29 is 9.90 Å². The first-order valence-corrected chi connectivity index (χ1v) is 6.42. The molecule has 3 nitrogen and oxygen atoms in total. The monoisotopic (exact) mass is 283 g/mol. The zero-order chi connectivity index (χ0) is 14.1. The minimum atomic E-state index is -0.987. The number of hydrogen-bond acceptors (Lipinski definition) is 2. The number of aromatic nitrogens is 1. The number of nitrogens with zero attached hydrogens (tertiary/aromatic N) is 1. The zero-order valence-corrected chi connectivity index (χ0v) is 11.1. The van der Waals surface area contributed by atoms with Crippen LogP contribution in [0, 0.1) is 0 Å². The number of pyridine rings is 1. The number of hydrogen-bond donors (Lipinski definition) is 1. The number of carboxylic acids is 1. The molecule has 0 amide bonds. The Kier molecular flexibility index (Phi) is 3.12. The molecule has 1 N–H and O–H groups in total. The lowest BCUT2D eigenvalue weighted by Gasteiger charge is -2.09. The van der Waals surface area contributed by atoms with Gasteiger partial charge in [-0.1, -0.05) is 54.1 Å². The third kappa shape index (κ3) is 2.02. The van der Waals surface area contributed by atoms with E-state index in [1.165, 1.54) is 6.20 Å². The van der Waals surface area contributed by atoms with E-state index < -0.39 is 5.97 Å². The lowest BCUT2D eigenvalue weighted by molar-refractivity contribution is 0.0698. The summed E-state index contributed by atoms with van der Waals surface area (Å²) in [5, 5.41) is 11.3. The van der Waals surface area contributed by atoms with Crippen molar-refractivity contribution in [2.75, 3.05) is 0 Å². The first kappa shape index (κ1) is 12.6. The quantitative estimate of drug-likeness (QED) is 0.765. The third-order valence-electron chi connectivity index (χ3n) is 3.15. The topological polar surface area (TPSA) is 50.2 Å². The molecule has 0 saturated carbocycles. The molecule has 0 spiro atoms. The summed E-state index contributed by atoms with van der Waals surface area (Å²) in [4.78, 5) is 15.6. The van der Waals surface area contributed by atoms with Crippen molar-refractivity contribution in [1.82, 2.24) is 4.98 Å². The predicted octanol–water partition coefficient (Wildman–Crippen LogP) is 4.25. The second-order valence-electron chi connectivity index (χ2n) is 4.35. The van der Waals surface area contributed by atoms with Crippen LogP contribution in [0.25, 0.3) is 22.0 Å². The molecule has 1 aromatic heterocycles. The Balaban J connectivity index is 2.37. The van der Waals surface area contributed by atoms with Crippen LogP contribution in [0.1, 0.15) is 10.4 Å². The second kappa shape index (κ2) is 4.94. The summed E-state index contributed by atoms with van der Waals surface area (Å²) in [6.07, 6.45) is 1.38. The van der Waals surface area contributed by atoms with Crippen LogP contribution in [-0.4, -0.2) is 16.1 Å². The molecular formula is C16H10ClNO2. The maximum Gasteiger partial charge on any atom is 0.337 e. The minimum Gasteiger partial charge on any atom is -0.478 e. The highest BCUT2D eigenvalue weighted by molar-refractivity contribution is 6.33. The minimum absolute atomic E-state index is 0.191. The van der Waals surface area contributed by atoms with Crippen LogP contribution in [-0.2, 0) is 0 Å². The Hall–Kier alpha value is -2.39. The third-order valence-corrected chi connectivity index (χ3v) is 3.48. The number of fused-ring (bicyclic) bond motifs is 1. The maximum absolute atomic E-state index is 11.3. The van der Waals surface area contributed by atoms with Gasteiger partial charge >= 0.3 is 5.97 Å². The fraction of sp³-hybridized carbons (Fsp3) is 0. The van der Waals surface area contributed by atoms with Gasteiger partial charge in [-0.3, -0.25) is 4.98 Å². The number of carboxylic acid groups (broad SMARTS) is 1. The Morgan fingerprint density at radius 3 is 2.35 bits per heavy atom.